The minimum absolute atomic E-state index is 0.106. The second-order valence-electron chi connectivity index (χ2n) is 5.43. The molecule has 0 spiro atoms. The first-order chi connectivity index (χ1) is 11.6. The van der Waals surface area contributed by atoms with Crippen LogP contribution in [0.5, 0.6) is 0 Å². The minimum atomic E-state index is -0.481. The van der Waals surface area contributed by atoms with Crippen molar-refractivity contribution >= 4 is 11.6 Å². The maximum atomic E-state index is 13.7. The summed E-state index contributed by atoms with van der Waals surface area (Å²) in [6, 6.07) is 15.4. The van der Waals surface area contributed by atoms with Gasteiger partial charge in [-0.3, -0.25) is 4.79 Å². The molecule has 1 N–H and O–H groups in total. The number of aromatic nitrogens is 1. The number of hydrogen-bond acceptors (Lipinski definition) is 1. The fraction of sp³-hybridized carbons (Fsp3) is 0.105. The number of rotatable bonds is 5. The Balaban J connectivity index is 1.81. The van der Waals surface area contributed by atoms with Gasteiger partial charge in [-0.25, -0.2) is 8.78 Å². The van der Waals surface area contributed by atoms with Gasteiger partial charge in [-0.05, 0) is 42.0 Å². The summed E-state index contributed by atoms with van der Waals surface area (Å²) < 4.78 is 28.7. The molecule has 1 atom stereocenters. The number of amides is 1. The number of benzene rings is 2. The van der Waals surface area contributed by atoms with Gasteiger partial charge < -0.3 is 9.88 Å². The molecule has 0 saturated heterocycles. The second-order valence-corrected chi connectivity index (χ2v) is 5.43. The van der Waals surface area contributed by atoms with Crippen molar-refractivity contribution in [1.82, 2.24) is 4.57 Å². The largest absolute Gasteiger partial charge is 0.346 e. The predicted molar refractivity (Wildman–Crippen MR) is 88.6 cm³/mol. The van der Waals surface area contributed by atoms with Crippen molar-refractivity contribution in [2.45, 2.75) is 12.5 Å². The standard InChI is InChI=1S/C19H16F2N2O/c20-15-9-7-14(8-10-15)18(23-11-3-4-12-23)13-19(24)22-17-6-2-1-5-16(17)21/h1-12,18H,13H2,(H,22,24)/t18-/m0/s1. The van der Waals surface area contributed by atoms with Gasteiger partial charge in [0.1, 0.15) is 11.6 Å². The highest BCUT2D eigenvalue weighted by molar-refractivity contribution is 5.91. The van der Waals surface area contributed by atoms with Gasteiger partial charge in [-0.2, -0.15) is 0 Å². The van der Waals surface area contributed by atoms with Crippen molar-refractivity contribution in [2.75, 3.05) is 5.32 Å². The van der Waals surface area contributed by atoms with Gasteiger partial charge >= 0.3 is 0 Å². The smallest absolute Gasteiger partial charge is 0.226 e. The van der Waals surface area contributed by atoms with Gasteiger partial charge in [0.25, 0.3) is 0 Å². The topological polar surface area (TPSA) is 34.0 Å². The molecule has 24 heavy (non-hydrogen) atoms. The number of anilines is 1. The van der Waals surface area contributed by atoms with E-state index in [0.29, 0.717) is 0 Å². The monoisotopic (exact) mass is 326 g/mol. The zero-order chi connectivity index (χ0) is 16.9. The maximum Gasteiger partial charge on any atom is 0.226 e. The molecule has 0 aliphatic heterocycles. The first-order valence-corrected chi connectivity index (χ1v) is 7.56. The lowest BCUT2D eigenvalue weighted by Gasteiger charge is -2.19. The molecular weight excluding hydrogens is 310 g/mol. The fourth-order valence-corrected chi connectivity index (χ4v) is 2.58. The SMILES string of the molecule is O=C(C[C@@H](c1ccc(F)cc1)n1cccc1)Nc1ccccc1F. The van der Waals surface area contributed by atoms with Crippen LogP contribution in [0.2, 0.25) is 0 Å². The van der Waals surface area contributed by atoms with Crippen molar-refractivity contribution in [3.8, 4) is 0 Å². The Morgan fingerprint density at radius 1 is 0.958 bits per heavy atom. The Kier molecular flexibility index (Phi) is 4.70. The van der Waals surface area contributed by atoms with Crippen molar-refractivity contribution in [2.24, 2.45) is 0 Å². The molecule has 3 rings (SSSR count). The van der Waals surface area contributed by atoms with Crippen LogP contribution in [-0.4, -0.2) is 10.5 Å². The summed E-state index contributed by atoms with van der Waals surface area (Å²) >= 11 is 0. The lowest BCUT2D eigenvalue weighted by atomic mass is 10.0. The number of halogens is 2. The molecule has 5 heteroatoms. The van der Waals surface area contributed by atoms with E-state index >= 15 is 0 Å². The van der Waals surface area contributed by atoms with Gasteiger partial charge in [0.15, 0.2) is 0 Å². The number of nitrogens with zero attached hydrogens (tertiary/aromatic N) is 1. The number of para-hydroxylation sites is 1. The molecule has 0 radical (unpaired) electrons. The Hall–Kier alpha value is -2.95. The molecule has 0 aliphatic rings. The van der Waals surface area contributed by atoms with Gasteiger partial charge in [0.2, 0.25) is 5.91 Å². The zero-order valence-corrected chi connectivity index (χ0v) is 12.8. The van der Waals surface area contributed by atoms with Crippen LogP contribution in [-0.2, 0) is 4.79 Å². The van der Waals surface area contributed by atoms with E-state index in [4.69, 9.17) is 0 Å². The number of nitrogens with one attached hydrogen (secondary N) is 1. The highest BCUT2D eigenvalue weighted by Crippen LogP contribution is 2.24. The lowest BCUT2D eigenvalue weighted by molar-refractivity contribution is -0.116. The third-order valence-corrected chi connectivity index (χ3v) is 3.77. The van der Waals surface area contributed by atoms with E-state index in [1.165, 1.54) is 24.3 Å². The molecule has 1 amide bonds. The number of carbonyl (C=O) groups is 1. The van der Waals surface area contributed by atoms with Crippen LogP contribution in [0.15, 0.2) is 73.1 Å². The van der Waals surface area contributed by atoms with Crippen LogP contribution in [0, 0.1) is 11.6 Å². The predicted octanol–water partition coefficient (Wildman–Crippen LogP) is 4.38. The van der Waals surface area contributed by atoms with Crippen molar-refractivity contribution in [1.29, 1.82) is 0 Å². The third kappa shape index (κ3) is 3.68. The Bertz CT molecular complexity index is 814. The van der Waals surface area contributed by atoms with Crippen molar-refractivity contribution < 1.29 is 13.6 Å². The minimum Gasteiger partial charge on any atom is -0.346 e. The molecule has 1 heterocycles. The van der Waals surface area contributed by atoms with E-state index in [2.05, 4.69) is 5.32 Å². The summed E-state index contributed by atoms with van der Waals surface area (Å²) in [6.45, 7) is 0. The molecule has 0 aliphatic carbocycles. The first-order valence-electron chi connectivity index (χ1n) is 7.56. The van der Waals surface area contributed by atoms with E-state index in [9.17, 15) is 13.6 Å². The molecule has 0 saturated carbocycles. The van der Waals surface area contributed by atoms with Crippen molar-refractivity contribution in [3.05, 3.63) is 90.3 Å². The van der Waals surface area contributed by atoms with E-state index in [-0.39, 0.29) is 29.9 Å². The van der Waals surface area contributed by atoms with E-state index < -0.39 is 5.82 Å². The molecule has 122 valence electrons. The van der Waals surface area contributed by atoms with Gasteiger partial charge in [-0.15, -0.1) is 0 Å². The molecule has 1 aromatic heterocycles. The summed E-state index contributed by atoms with van der Waals surface area (Å²) in [6.07, 6.45) is 3.78. The van der Waals surface area contributed by atoms with Gasteiger partial charge in [0, 0.05) is 12.4 Å². The molecule has 0 bridgehead atoms. The summed E-state index contributed by atoms with van der Waals surface area (Å²) in [5, 5.41) is 2.58. The van der Waals surface area contributed by atoms with E-state index in [1.807, 2.05) is 29.1 Å². The van der Waals surface area contributed by atoms with Gasteiger partial charge in [-0.1, -0.05) is 24.3 Å². The summed E-state index contributed by atoms with van der Waals surface area (Å²) in [5.41, 5.74) is 0.948. The average molecular weight is 326 g/mol. The van der Waals surface area contributed by atoms with Crippen LogP contribution in [0.25, 0.3) is 0 Å². The lowest BCUT2D eigenvalue weighted by Crippen LogP contribution is -2.20. The first kappa shape index (κ1) is 15.9. The molecule has 3 nitrogen and oxygen atoms in total. The zero-order valence-electron chi connectivity index (χ0n) is 12.8. The second kappa shape index (κ2) is 7.08. The van der Waals surface area contributed by atoms with Crippen LogP contribution >= 0.6 is 0 Å². The van der Waals surface area contributed by atoms with Crippen LogP contribution in [0.3, 0.4) is 0 Å². The highest BCUT2D eigenvalue weighted by Gasteiger charge is 2.18. The van der Waals surface area contributed by atoms with Crippen LogP contribution in [0.1, 0.15) is 18.0 Å². The van der Waals surface area contributed by atoms with E-state index in [0.717, 1.165) is 5.56 Å². The van der Waals surface area contributed by atoms with Crippen LogP contribution < -0.4 is 5.32 Å². The molecule has 2 aromatic carbocycles. The van der Waals surface area contributed by atoms with Crippen LogP contribution in [0.4, 0.5) is 14.5 Å². The normalized spacial score (nSPS) is 11.9. The molecule has 3 aromatic rings. The molecular formula is C19H16F2N2O. The maximum absolute atomic E-state index is 13.7. The Morgan fingerprint density at radius 3 is 2.29 bits per heavy atom. The molecule has 0 fully saturated rings. The van der Waals surface area contributed by atoms with Crippen molar-refractivity contribution in [3.63, 3.8) is 0 Å². The molecule has 0 unspecified atom stereocenters. The Labute approximate surface area is 138 Å². The highest BCUT2D eigenvalue weighted by atomic mass is 19.1. The fourth-order valence-electron chi connectivity index (χ4n) is 2.58. The summed E-state index contributed by atoms with van der Waals surface area (Å²) in [5.74, 6) is -1.13. The summed E-state index contributed by atoms with van der Waals surface area (Å²) in [4.78, 5) is 12.3. The van der Waals surface area contributed by atoms with Gasteiger partial charge in [0.05, 0.1) is 18.2 Å². The number of carbonyl (C=O) groups excluding carboxylic acids is 1. The average Bonchev–Trinajstić information content (AvgIpc) is 3.10. The third-order valence-electron chi connectivity index (χ3n) is 3.77. The quantitative estimate of drug-likeness (QED) is 0.741. The summed E-state index contributed by atoms with van der Waals surface area (Å²) in [7, 11) is 0. The van der Waals surface area contributed by atoms with E-state index in [1.54, 1.807) is 24.3 Å². The number of hydrogen-bond donors (Lipinski definition) is 1. The Morgan fingerprint density at radius 2 is 1.62 bits per heavy atom.